The van der Waals surface area contributed by atoms with Crippen LogP contribution in [-0.2, 0) is 13.0 Å². The van der Waals surface area contributed by atoms with Gasteiger partial charge in [0.15, 0.2) is 5.82 Å². The fourth-order valence-electron chi connectivity index (χ4n) is 1.58. The molecule has 0 aliphatic rings. The lowest BCUT2D eigenvalue weighted by Gasteiger charge is -2.17. The molecule has 0 atom stereocenters. The van der Waals surface area contributed by atoms with Crippen LogP contribution in [0.2, 0.25) is 0 Å². The molecular formula is C11H16N4OS. The van der Waals surface area contributed by atoms with Crippen LogP contribution in [-0.4, -0.2) is 33.1 Å². The first-order valence-electron chi connectivity index (χ1n) is 5.68. The summed E-state index contributed by atoms with van der Waals surface area (Å²) in [5, 5.41) is 7.09. The van der Waals surface area contributed by atoms with Crippen LogP contribution >= 0.6 is 11.3 Å². The minimum atomic E-state index is 0.621. The molecule has 0 saturated carbocycles. The van der Waals surface area contributed by atoms with E-state index in [1.807, 2.05) is 18.5 Å². The molecule has 0 unspecified atom stereocenters. The summed E-state index contributed by atoms with van der Waals surface area (Å²) in [5.74, 6) is 1.37. The molecule has 0 radical (unpaired) electrons. The molecule has 0 aliphatic heterocycles. The van der Waals surface area contributed by atoms with E-state index in [1.54, 1.807) is 11.3 Å². The van der Waals surface area contributed by atoms with Crippen molar-refractivity contribution in [2.45, 2.75) is 26.8 Å². The van der Waals surface area contributed by atoms with Gasteiger partial charge in [-0.05, 0) is 6.54 Å². The van der Waals surface area contributed by atoms with Crippen LogP contribution < -0.4 is 0 Å². The highest BCUT2D eigenvalue weighted by Gasteiger charge is 2.09. The molecule has 0 aliphatic carbocycles. The van der Waals surface area contributed by atoms with Crippen LogP contribution in [0, 0.1) is 6.92 Å². The summed E-state index contributed by atoms with van der Waals surface area (Å²) in [7, 11) is 0. The van der Waals surface area contributed by atoms with Crippen molar-refractivity contribution in [1.82, 2.24) is 20.0 Å². The highest BCUT2D eigenvalue weighted by Crippen LogP contribution is 2.07. The van der Waals surface area contributed by atoms with Crippen molar-refractivity contribution in [2.75, 3.05) is 13.1 Å². The summed E-state index contributed by atoms with van der Waals surface area (Å²) in [4.78, 5) is 10.8. The summed E-state index contributed by atoms with van der Waals surface area (Å²) < 4.78 is 4.96. The lowest BCUT2D eigenvalue weighted by Crippen LogP contribution is -2.25. The largest absolute Gasteiger partial charge is 0.340 e. The van der Waals surface area contributed by atoms with Gasteiger partial charge in [-0.25, -0.2) is 4.98 Å². The van der Waals surface area contributed by atoms with Crippen molar-refractivity contribution >= 4 is 11.3 Å². The summed E-state index contributed by atoms with van der Waals surface area (Å²) >= 11 is 1.70. The van der Waals surface area contributed by atoms with Gasteiger partial charge < -0.3 is 4.52 Å². The predicted octanol–water partition coefficient (Wildman–Crippen LogP) is 1.90. The first-order valence-corrected chi connectivity index (χ1v) is 6.56. The van der Waals surface area contributed by atoms with Gasteiger partial charge in [0.05, 0.1) is 11.6 Å². The second-order valence-electron chi connectivity index (χ2n) is 3.77. The Morgan fingerprint density at radius 1 is 1.47 bits per heavy atom. The van der Waals surface area contributed by atoms with Crippen LogP contribution in [0.3, 0.4) is 0 Å². The zero-order chi connectivity index (χ0) is 12.1. The van der Waals surface area contributed by atoms with Crippen LogP contribution in [0.1, 0.15) is 23.6 Å². The number of hydrogen-bond acceptors (Lipinski definition) is 6. The molecule has 17 heavy (non-hydrogen) atoms. The smallest absolute Gasteiger partial charge is 0.223 e. The number of thiazole rings is 1. The van der Waals surface area contributed by atoms with E-state index in [9.17, 15) is 0 Å². The van der Waals surface area contributed by atoms with E-state index in [0.717, 1.165) is 31.9 Å². The third kappa shape index (κ3) is 3.61. The Hall–Kier alpha value is -1.27. The Balaban J connectivity index is 1.84. The van der Waals surface area contributed by atoms with Gasteiger partial charge in [0.2, 0.25) is 5.89 Å². The first kappa shape index (κ1) is 12.2. The van der Waals surface area contributed by atoms with E-state index in [0.29, 0.717) is 5.89 Å². The van der Waals surface area contributed by atoms with Gasteiger partial charge in [0.1, 0.15) is 0 Å². The van der Waals surface area contributed by atoms with Crippen molar-refractivity contribution in [3.63, 3.8) is 0 Å². The molecule has 0 N–H and O–H groups in total. The van der Waals surface area contributed by atoms with E-state index >= 15 is 0 Å². The molecule has 92 valence electrons. The Kier molecular flexibility index (Phi) is 4.22. The van der Waals surface area contributed by atoms with Gasteiger partial charge in [-0.3, -0.25) is 4.90 Å². The minimum Gasteiger partial charge on any atom is -0.340 e. The van der Waals surface area contributed by atoms with Crippen molar-refractivity contribution in [2.24, 2.45) is 0 Å². The number of likely N-dealkylation sites (N-methyl/N-ethyl adjacent to an activating group) is 1. The molecule has 2 heterocycles. The standard InChI is InChI=1S/C11H16N4OS/c1-3-15(6-4-11-12-5-7-17-11)8-10-13-9(2)16-14-10/h5,7H,3-4,6,8H2,1-2H3. The van der Waals surface area contributed by atoms with Gasteiger partial charge in [-0.2, -0.15) is 4.98 Å². The molecular weight excluding hydrogens is 236 g/mol. The molecule has 6 heteroatoms. The Bertz CT molecular complexity index is 440. The van der Waals surface area contributed by atoms with Gasteiger partial charge in [0, 0.05) is 31.5 Å². The molecule has 0 amide bonds. The maximum Gasteiger partial charge on any atom is 0.223 e. The fourth-order valence-corrected chi connectivity index (χ4v) is 2.19. The normalized spacial score (nSPS) is 11.2. The van der Waals surface area contributed by atoms with E-state index < -0.39 is 0 Å². The zero-order valence-corrected chi connectivity index (χ0v) is 10.9. The second-order valence-corrected chi connectivity index (χ2v) is 4.75. The Morgan fingerprint density at radius 2 is 2.35 bits per heavy atom. The first-order chi connectivity index (χ1) is 8.28. The van der Waals surface area contributed by atoms with E-state index in [-0.39, 0.29) is 0 Å². The molecule has 0 fully saturated rings. The van der Waals surface area contributed by atoms with Gasteiger partial charge in [0.25, 0.3) is 0 Å². The Labute approximate surface area is 104 Å². The molecule has 2 aromatic rings. The quantitative estimate of drug-likeness (QED) is 0.786. The number of aryl methyl sites for hydroxylation is 1. The third-order valence-electron chi connectivity index (χ3n) is 2.51. The molecule has 0 bridgehead atoms. The Morgan fingerprint density at radius 3 is 2.94 bits per heavy atom. The molecule has 2 aromatic heterocycles. The number of hydrogen-bond donors (Lipinski definition) is 0. The summed E-state index contributed by atoms with van der Waals surface area (Å²) in [6.07, 6.45) is 2.82. The topological polar surface area (TPSA) is 55.1 Å². The van der Waals surface area contributed by atoms with Crippen LogP contribution in [0.15, 0.2) is 16.1 Å². The number of rotatable bonds is 6. The molecule has 0 saturated heterocycles. The average Bonchev–Trinajstić information content (AvgIpc) is 2.96. The lowest BCUT2D eigenvalue weighted by molar-refractivity contribution is 0.270. The molecule has 2 rings (SSSR count). The average molecular weight is 252 g/mol. The summed E-state index contributed by atoms with van der Waals surface area (Å²) in [5.41, 5.74) is 0. The molecule has 0 spiro atoms. The van der Waals surface area contributed by atoms with Crippen molar-refractivity contribution < 1.29 is 4.52 Å². The zero-order valence-electron chi connectivity index (χ0n) is 10.1. The number of aromatic nitrogens is 3. The van der Waals surface area contributed by atoms with E-state index in [1.165, 1.54) is 5.01 Å². The highest BCUT2D eigenvalue weighted by molar-refractivity contribution is 7.09. The summed E-state index contributed by atoms with van der Waals surface area (Å²) in [6.45, 7) is 6.62. The summed E-state index contributed by atoms with van der Waals surface area (Å²) in [6, 6.07) is 0. The second kappa shape index (κ2) is 5.88. The molecule has 5 nitrogen and oxygen atoms in total. The fraction of sp³-hybridized carbons (Fsp3) is 0.545. The van der Waals surface area contributed by atoms with Gasteiger partial charge in [-0.15, -0.1) is 11.3 Å². The van der Waals surface area contributed by atoms with Crippen LogP contribution in [0.5, 0.6) is 0 Å². The van der Waals surface area contributed by atoms with Crippen molar-refractivity contribution in [3.8, 4) is 0 Å². The van der Waals surface area contributed by atoms with Gasteiger partial charge >= 0.3 is 0 Å². The monoisotopic (exact) mass is 252 g/mol. The van der Waals surface area contributed by atoms with Crippen LogP contribution in [0.25, 0.3) is 0 Å². The van der Waals surface area contributed by atoms with E-state index in [4.69, 9.17) is 4.52 Å². The highest BCUT2D eigenvalue weighted by atomic mass is 32.1. The lowest BCUT2D eigenvalue weighted by atomic mass is 10.3. The van der Waals surface area contributed by atoms with Crippen molar-refractivity contribution in [1.29, 1.82) is 0 Å². The number of nitrogens with zero attached hydrogens (tertiary/aromatic N) is 4. The van der Waals surface area contributed by atoms with Crippen LogP contribution in [0.4, 0.5) is 0 Å². The SMILES string of the molecule is CCN(CCc1nccs1)Cc1noc(C)n1. The maximum atomic E-state index is 4.96. The predicted molar refractivity (Wildman–Crippen MR) is 65.8 cm³/mol. The molecule has 0 aromatic carbocycles. The minimum absolute atomic E-state index is 0.621. The van der Waals surface area contributed by atoms with E-state index in [2.05, 4.69) is 26.9 Å². The van der Waals surface area contributed by atoms with Crippen molar-refractivity contribution in [3.05, 3.63) is 28.3 Å². The maximum absolute atomic E-state index is 4.96. The third-order valence-corrected chi connectivity index (χ3v) is 3.35. The van der Waals surface area contributed by atoms with Gasteiger partial charge in [-0.1, -0.05) is 12.1 Å².